The third kappa shape index (κ3) is 5.31. The van der Waals surface area contributed by atoms with Gasteiger partial charge in [-0.3, -0.25) is 0 Å². The number of hydrogen-bond acceptors (Lipinski definition) is 5. The first kappa shape index (κ1) is 18.0. The summed E-state index contributed by atoms with van der Waals surface area (Å²) < 4.78 is 0. The number of hydrogen-bond donors (Lipinski definition) is 2. The van der Waals surface area contributed by atoms with Gasteiger partial charge in [0, 0.05) is 36.0 Å². The van der Waals surface area contributed by atoms with Crippen LogP contribution in [0.3, 0.4) is 0 Å². The van der Waals surface area contributed by atoms with Gasteiger partial charge in [0.25, 0.3) is 0 Å². The first-order chi connectivity index (χ1) is 12.1. The first-order valence-electron chi connectivity index (χ1n) is 8.94. The van der Waals surface area contributed by atoms with E-state index in [0.717, 1.165) is 24.6 Å². The molecule has 0 aliphatic carbocycles. The number of halogens is 1. The average Bonchev–Trinajstić information content (AvgIpc) is 2.60. The average molecular weight is 360 g/mol. The third-order valence-corrected chi connectivity index (χ3v) is 4.82. The van der Waals surface area contributed by atoms with Crippen molar-refractivity contribution in [2.45, 2.75) is 32.7 Å². The highest BCUT2D eigenvalue weighted by Crippen LogP contribution is 2.20. The van der Waals surface area contributed by atoms with Crippen molar-refractivity contribution in [1.29, 1.82) is 0 Å². The zero-order chi connectivity index (χ0) is 17.6. The first-order valence-corrected chi connectivity index (χ1v) is 9.31. The molecule has 1 aromatic heterocycles. The van der Waals surface area contributed by atoms with Crippen LogP contribution in [-0.4, -0.2) is 40.5 Å². The van der Waals surface area contributed by atoms with E-state index in [1.807, 2.05) is 30.3 Å². The molecule has 2 heterocycles. The molecule has 0 saturated carbocycles. The highest BCUT2D eigenvalue weighted by molar-refractivity contribution is 6.30. The number of benzene rings is 1. The molecule has 25 heavy (non-hydrogen) atoms. The van der Waals surface area contributed by atoms with E-state index >= 15 is 0 Å². The number of nitrogens with one attached hydrogen (secondary N) is 2. The molecule has 0 radical (unpaired) electrons. The second-order valence-corrected chi connectivity index (χ2v) is 7.32. The Labute approximate surface area is 154 Å². The topological polar surface area (TPSA) is 53.1 Å². The Morgan fingerprint density at radius 2 is 2.20 bits per heavy atom. The molecule has 5 nitrogen and oxygen atoms in total. The van der Waals surface area contributed by atoms with Crippen molar-refractivity contribution in [2.75, 3.05) is 30.3 Å². The molecular formula is C19H26ClN5. The lowest BCUT2D eigenvalue weighted by Crippen LogP contribution is -2.41. The molecular weight excluding hydrogens is 334 g/mol. The zero-order valence-corrected chi connectivity index (χ0v) is 15.6. The largest absolute Gasteiger partial charge is 0.370 e. The van der Waals surface area contributed by atoms with Crippen LogP contribution in [0, 0.1) is 5.92 Å². The van der Waals surface area contributed by atoms with Crippen LogP contribution in [0.1, 0.15) is 26.7 Å². The van der Waals surface area contributed by atoms with Crippen molar-refractivity contribution in [3.63, 3.8) is 0 Å². The standard InChI is InChI=1S/C19H26ClN5/c1-14(2)25-10-4-5-15(13-25)12-22-18-8-9-21-19(24-18)23-17-7-3-6-16(20)11-17/h3,6-9,11,14-15H,4-5,10,12-13H2,1-2H3,(H2,21,22,23,24). The summed E-state index contributed by atoms with van der Waals surface area (Å²) in [7, 11) is 0. The smallest absolute Gasteiger partial charge is 0.229 e. The van der Waals surface area contributed by atoms with E-state index in [1.165, 1.54) is 19.4 Å². The van der Waals surface area contributed by atoms with Crippen molar-refractivity contribution in [2.24, 2.45) is 5.92 Å². The van der Waals surface area contributed by atoms with E-state index in [4.69, 9.17) is 11.6 Å². The lowest BCUT2D eigenvalue weighted by atomic mass is 9.97. The van der Waals surface area contributed by atoms with Gasteiger partial charge >= 0.3 is 0 Å². The molecule has 1 saturated heterocycles. The fourth-order valence-electron chi connectivity index (χ4n) is 3.19. The Morgan fingerprint density at radius 1 is 1.32 bits per heavy atom. The molecule has 1 fully saturated rings. The summed E-state index contributed by atoms with van der Waals surface area (Å²) >= 11 is 6.01. The highest BCUT2D eigenvalue weighted by atomic mass is 35.5. The number of likely N-dealkylation sites (tertiary alicyclic amines) is 1. The van der Waals surface area contributed by atoms with Crippen LogP contribution in [0.15, 0.2) is 36.5 Å². The second kappa shape index (κ2) is 8.50. The minimum atomic E-state index is 0.569. The van der Waals surface area contributed by atoms with Gasteiger partial charge in [-0.2, -0.15) is 4.98 Å². The van der Waals surface area contributed by atoms with E-state index in [9.17, 15) is 0 Å². The quantitative estimate of drug-likeness (QED) is 0.800. The fourth-order valence-corrected chi connectivity index (χ4v) is 3.38. The number of rotatable bonds is 6. The van der Waals surface area contributed by atoms with E-state index in [1.54, 1.807) is 6.20 Å². The van der Waals surface area contributed by atoms with E-state index in [0.29, 0.717) is 22.9 Å². The van der Waals surface area contributed by atoms with E-state index < -0.39 is 0 Å². The summed E-state index contributed by atoms with van der Waals surface area (Å²) in [6.07, 6.45) is 4.31. The zero-order valence-electron chi connectivity index (χ0n) is 14.9. The molecule has 134 valence electrons. The van der Waals surface area contributed by atoms with E-state index in [2.05, 4.69) is 39.3 Å². The Morgan fingerprint density at radius 3 is 3.00 bits per heavy atom. The van der Waals surface area contributed by atoms with E-state index in [-0.39, 0.29) is 0 Å². The summed E-state index contributed by atoms with van der Waals surface area (Å²) in [5, 5.41) is 7.34. The molecule has 6 heteroatoms. The number of piperidine rings is 1. The minimum absolute atomic E-state index is 0.569. The number of anilines is 3. The van der Waals surface area contributed by atoms with Gasteiger partial charge in [0.1, 0.15) is 5.82 Å². The molecule has 1 aliphatic heterocycles. The van der Waals surface area contributed by atoms with Crippen molar-refractivity contribution in [3.8, 4) is 0 Å². The number of nitrogens with zero attached hydrogens (tertiary/aromatic N) is 3. The molecule has 1 aliphatic rings. The van der Waals surface area contributed by atoms with Gasteiger partial charge in [0.05, 0.1) is 0 Å². The molecule has 0 spiro atoms. The van der Waals surface area contributed by atoms with Gasteiger partial charge in [-0.1, -0.05) is 17.7 Å². The van der Waals surface area contributed by atoms with Crippen molar-refractivity contribution in [3.05, 3.63) is 41.6 Å². The van der Waals surface area contributed by atoms with Crippen LogP contribution < -0.4 is 10.6 Å². The van der Waals surface area contributed by atoms with Crippen molar-refractivity contribution >= 4 is 29.1 Å². The highest BCUT2D eigenvalue weighted by Gasteiger charge is 2.21. The Kier molecular flexibility index (Phi) is 6.10. The molecule has 2 aromatic rings. The maximum atomic E-state index is 6.01. The summed E-state index contributed by atoms with van der Waals surface area (Å²) in [6.45, 7) is 7.86. The van der Waals surface area contributed by atoms with Crippen molar-refractivity contribution < 1.29 is 0 Å². The molecule has 1 atom stereocenters. The molecule has 0 bridgehead atoms. The van der Waals surface area contributed by atoms with Crippen LogP contribution in [0.25, 0.3) is 0 Å². The van der Waals surface area contributed by atoms with Crippen molar-refractivity contribution in [1.82, 2.24) is 14.9 Å². The second-order valence-electron chi connectivity index (χ2n) is 6.88. The summed E-state index contributed by atoms with van der Waals surface area (Å²) in [4.78, 5) is 11.4. The molecule has 1 aromatic carbocycles. The summed E-state index contributed by atoms with van der Waals surface area (Å²) in [6, 6.07) is 10.1. The fraction of sp³-hybridized carbons (Fsp3) is 0.474. The lowest BCUT2D eigenvalue weighted by molar-refractivity contribution is 0.145. The van der Waals surface area contributed by atoms with Crippen LogP contribution in [0.4, 0.5) is 17.5 Å². The van der Waals surface area contributed by atoms with Gasteiger partial charge in [0.15, 0.2) is 0 Å². The molecule has 3 rings (SSSR count). The maximum Gasteiger partial charge on any atom is 0.229 e. The van der Waals surface area contributed by atoms with Crippen LogP contribution >= 0.6 is 11.6 Å². The predicted octanol–water partition coefficient (Wildman–Crippen LogP) is 4.41. The van der Waals surface area contributed by atoms with Crippen LogP contribution in [0.2, 0.25) is 5.02 Å². The number of aromatic nitrogens is 2. The predicted molar refractivity (Wildman–Crippen MR) is 105 cm³/mol. The Hall–Kier alpha value is -1.85. The minimum Gasteiger partial charge on any atom is -0.370 e. The summed E-state index contributed by atoms with van der Waals surface area (Å²) in [5.41, 5.74) is 0.879. The molecule has 1 unspecified atom stereocenters. The third-order valence-electron chi connectivity index (χ3n) is 4.59. The summed E-state index contributed by atoms with van der Waals surface area (Å²) in [5.74, 6) is 2.08. The van der Waals surface area contributed by atoms with Gasteiger partial charge in [-0.15, -0.1) is 0 Å². The monoisotopic (exact) mass is 359 g/mol. The van der Waals surface area contributed by atoms with Crippen LogP contribution in [0.5, 0.6) is 0 Å². The van der Waals surface area contributed by atoms with Gasteiger partial charge in [-0.25, -0.2) is 4.98 Å². The maximum absolute atomic E-state index is 6.01. The molecule has 0 amide bonds. The SMILES string of the molecule is CC(C)N1CCCC(CNc2ccnc(Nc3cccc(Cl)c3)n2)C1. The molecule has 2 N–H and O–H groups in total. The van der Waals surface area contributed by atoms with Gasteiger partial charge in [-0.05, 0) is 63.4 Å². The lowest BCUT2D eigenvalue weighted by Gasteiger charge is -2.35. The Balaban J connectivity index is 1.56. The normalized spacial score (nSPS) is 18.3. The van der Waals surface area contributed by atoms with Gasteiger partial charge in [0.2, 0.25) is 5.95 Å². The van der Waals surface area contributed by atoms with Crippen LogP contribution in [-0.2, 0) is 0 Å². The Bertz CT molecular complexity index is 691. The van der Waals surface area contributed by atoms with Gasteiger partial charge < -0.3 is 15.5 Å².